The fourth-order valence-electron chi connectivity index (χ4n) is 1.41. The van der Waals surface area contributed by atoms with Crippen molar-refractivity contribution in [1.82, 2.24) is 5.32 Å². The molecule has 1 aromatic rings. The molecule has 1 unspecified atom stereocenters. The number of aliphatic hydroxyl groups is 1. The first-order chi connectivity index (χ1) is 9.25. The van der Waals surface area contributed by atoms with Gasteiger partial charge in [0.2, 0.25) is 5.82 Å². The Hall–Kier alpha value is -2.09. The van der Waals surface area contributed by atoms with Gasteiger partial charge >= 0.3 is 5.69 Å². The van der Waals surface area contributed by atoms with Crippen LogP contribution in [-0.2, 0) is 0 Å². The zero-order valence-corrected chi connectivity index (χ0v) is 10.9. The Morgan fingerprint density at radius 1 is 1.45 bits per heavy atom. The minimum Gasteiger partial charge on any atom is -0.391 e. The lowest BCUT2D eigenvalue weighted by Crippen LogP contribution is -2.35. The van der Waals surface area contributed by atoms with Crippen molar-refractivity contribution >= 4 is 11.6 Å². The molecule has 0 aliphatic rings. The van der Waals surface area contributed by atoms with Crippen LogP contribution in [-0.4, -0.2) is 28.6 Å². The molecular weight excluding hydrogens is 274 g/mol. The maximum atomic E-state index is 13.7. The van der Waals surface area contributed by atoms with E-state index in [4.69, 9.17) is 0 Å². The number of amides is 1. The minimum absolute atomic E-state index is 0.157. The van der Waals surface area contributed by atoms with Crippen molar-refractivity contribution in [3.05, 3.63) is 39.4 Å². The molecule has 2 N–H and O–H groups in total. The summed E-state index contributed by atoms with van der Waals surface area (Å²) in [6, 6.07) is 1.29. The Balaban J connectivity index is 2.98. The van der Waals surface area contributed by atoms with Crippen molar-refractivity contribution in [3.63, 3.8) is 0 Å². The Kier molecular flexibility index (Phi) is 5.09. The molecule has 1 atom stereocenters. The molecular formula is C12H14F2N2O4. The number of nitro groups is 1. The van der Waals surface area contributed by atoms with E-state index in [1.165, 1.54) is 0 Å². The largest absolute Gasteiger partial charge is 0.391 e. The quantitative estimate of drug-likeness (QED) is 0.636. The topological polar surface area (TPSA) is 92.5 Å². The lowest BCUT2D eigenvalue weighted by atomic mass is 10.1. The number of nitrogens with one attached hydrogen (secondary N) is 1. The molecule has 0 aliphatic carbocycles. The van der Waals surface area contributed by atoms with Gasteiger partial charge in [0, 0.05) is 12.6 Å². The highest BCUT2D eigenvalue weighted by Crippen LogP contribution is 2.22. The van der Waals surface area contributed by atoms with Crippen LogP contribution in [0.3, 0.4) is 0 Å². The zero-order valence-electron chi connectivity index (χ0n) is 10.9. The second-order valence-electron chi connectivity index (χ2n) is 4.53. The molecule has 1 amide bonds. The first-order valence-electron chi connectivity index (χ1n) is 5.84. The van der Waals surface area contributed by atoms with E-state index in [-0.39, 0.29) is 12.5 Å². The van der Waals surface area contributed by atoms with Crippen LogP contribution >= 0.6 is 0 Å². The van der Waals surface area contributed by atoms with Gasteiger partial charge in [-0.3, -0.25) is 14.9 Å². The maximum absolute atomic E-state index is 13.7. The molecule has 0 fully saturated rings. The van der Waals surface area contributed by atoms with Crippen LogP contribution in [0.1, 0.15) is 24.2 Å². The third-order valence-corrected chi connectivity index (χ3v) is 2.74. The summed E-state index contributed by atoms with van der Waals surface area (Å²) in [5.74, 6) is -4.05. The van der Waals surface area contributed by atoms with Gasteiger partial charge in [-0.15, -0.1) is 0 Å². The fourth-order valence-corrected chi connectivity index (χ4v) is 1.41. The third-order valence-electron chi connectivity index (χ3n) is 2.74. The van der Waals surface area contributed by atoms with Crippen molar-refractivity contribution < 1.29 is 23.6 Å². The van der Waals surface area contributed by atoms with Crippen molar-refractivity contribution in [3.8, 4) is 0 Å². The fraction of sp³-hybridized carbons (Fsp3) is 0.417. The molecule has 0 saturated carbocycles. The van der Waals surface area contributed by atoms with Gasteiger partial charge in [-0.25, -0.2) is 4.39 Å². The number of nitro benzene ring substituents is 1. The predicted molar refractivity (Wildman–Crippen MR) is 66.2 cm³/mol. The van der Waals surface area contributed by atoms with E-state index < -0.39 is 39.8 Å². The number of carbonyl (C=O) groups excluding carboxylic acids is 1. The van der Waals surface area contributed by atoms with Crippen LogP contribution in [0.5, 0.6) is 0 Å². The van der Waals surface area contributed by atoms with Crippen LogP contribution in [0.4, 0.5) is 14.5 Å². The minimum atomic E-state index is -1.54. The molecule has 20 heavy (non-hydrogen) atoms. The Morgan fingerprint density at radius 2 is 2.05 bits per heavy atom. The summed E-state index contributed by atoms with van der Waals surface area (Å²) in [4.78, 5) is 21.2. The van der Waals surface area contributed by atoms with Gasteiger partial charge in [0.1, 0.15) is 11.4 Å². The number of nitrogens with zero attached hydrogens (tertiary/aromatic N) is 1. The van der Waals surface area contributed by atoms with Gasteiger partial charge < -0.3 is 10.4 Å². The lowest BCUT2D eigenvalue weighted by Gasteiger charge is -2.15. The molecule has 0 saturated heterocycles. The van der Waals surface area contributed by atoms with Gasteiger partial charge in [0.25, 0.3) is 5.91 Å². The second kappa shape index (κ2) is 6.38. The van der Waals surface area contributed by atoms with Gasteiger partial charge in [-0.1, -0.05) is 13.8 Å². The Morgan fingerprint density at radius 3 is 2.55 bits per heavy atom. The van der Waals surface area contributed by atoms with Gasteiger partial charge in [-0.05, 0) is 12.0 Å². The lowest BCUT2D eigenvalue weighted by molar-refractivity contribution is -0.387. The van der Waals surface area contributed by atoms with Crippen molar-refractivity contribution in [2.75, 3.05) is 6.54 Å². The SMILES string of the molecule is CC(C)C(O)CNC(=O)c1c(F)ccc([N+](=O)[O-])c1F. The zero-order chi connectivity index (χ0) is 15.4. The summed E-state index contributed by atoms with van der Waals surface area (Å²) >= 11 is 0. The first kappa shape index (κ1) is 16.0. The normalized spacial score (nSPS) is 12.3. The van der Waals surface area contributed by atoms with Gasteiger partial charge in [-0.2, -0.15) is 4.39 Å². The highest BCUT2D eigenvalue weighted by atomic mass is 19.1. The molecule has 0 bridgehead atoms. The molecule has 0 radical (unpaired) electrons. The predicted octanol–water partition coefficient (Wildman–Crippen LogP) is 1.62. The molecule has 0 aliphatic heterocycles. The smallest absolute Gasteiger partial charge is 0.305 e. The van der Waals surface area contributed by atoms with Crippen molar-refractivity contribution in [1.29, 1.82) is 0 Å². The average Bonchev–Trinajstić information content (AvgIpc) is 2.35. The number of rotatable bonds is 5. The van der Waals surface area contributed by atoms with Crippen LogP contribution < -0.4 is 5.32 Å². The maximum Gasteiger partial charge on any atom is 0.305 e. The van der Waals surface area contributed by atoms with Gasteiger partial charge in [0.05, 0.1) is 11.0 Å². The molecule has 0 heterocycles. The number of carbonyl (C=O) groups is 1. The second-order valence-corrected chi connectivity index (χ2v) is 4.53. The third kappa shape index (κ3) is 3.47. The van der Waals surface area contributed by atoms with Crippen molar-refractivity contribution in [2.45, 2.75) is 20.0 Å². The van der Waals surface area contributed by atoms with Crippen LogP contribution in [0.15, 0.2) is 12.1 Å². The van der Waals surface area contributed by atoms with Crippen molar-refractivity contribution in [2.24, 2.45) is 5.92 Å². The number of hydrogen-bond acceptors (Lipinski definition) is 4. The summed E-state index contributed by atoms with van der Waals surface area (Å²) in [5, 5.41) is 22.2. The summed E-state index contributed by atoms with van der Waals surface area (Å²) in [7, 11) is 0. The highest BCUT2D eigenvalue weighted by Gasteiger charge is 2.26. The van der Waals surface area contributed by atoms with E-state index in [0.29, 0.717) is 12.1 Å². The van der Waals surface area contributed by atoms with E-state index in [1.54, 1.807) is 13.8 Å². The number of aliphatic hydroxyl groups excluding tert-OH is 1. The summed E-state index contributed by atoms with van der Waals surface area (Å²) in [5.41, 5.74) is -2.02. The van der Waals surface area contributed by atoms with Crippen LogP contribution in [0.25, 0.3) is 0 Å². The van der Waals surface area contributed by atoms with E-state index >= 15 is 0 Å². The summed E-state index contributed by atoms with van der Waals surface area (Å²) < 4.78 is 27.2. The van der Waals surface area contributed by atoms with E-state index in [9.17, 15) is 28.8 Å². The molecule has 6 nitrogen and oxygen atoms in total. The van der Waals surface area contributed by atoms with E-state index in [2.05, 4.69) is 5.32 Å². The number of hydrogen-bond donors (Lipinski definition) is 2. The standard InChI is InChI=1S/C12H14F2N2O4/c1-6(2)9(17)5-15-12(18)10-7(13)3-4-8(11(10)14)16(19)20/h3-4,6,9,17H,5H2,1-2H3,(H,15,18). The molecule has 110 valence electrons. The number of halogens is 2. The average molecular weight is 288 g/mol. The monoisotopic (exact) mass is 288 g/mol. The molecule has 1 aromatic carbocycles. The molecule has 1 rings (SSSR count). The Labute approximate surface area is 113 Å². The summed E-state index contributed by atoms with van der Waals surface area (Å²) in [6.45, 7) is 3.19. The molecule has 0 spiro atoms. The number of benzene rings is 1. The van der Waals surface area contributed by atoms with Crippen LogP contribution in [0.2, 0.25) is 0 Å². The highest BCUT2D eigenvalue weighted by molar-refractivity contribution is 5.95. The van der Waals surface area contributed by atoms with Crippen LogP contribution in [0, 0.1) is 27.7 Å². The van der Waals surface area contributed by atoms with E-state index in [1.807, 2.05) is 0 Å². The molecule has 0 aromatic heterocycles. The molecule has 8 heteroatoms. The first-order valence-corrected chi connectivity index (χ1v) is 5.84. The summed E-state index contributed by atoms with van der Waals surface area (Å²) in [6.07, 6.45) is -0.885. The Bertz CT molecular complexity index is 534. The van der Waals surface area contributed by atoms with E-state index in [0.717, 1.165) is 0 Å². The van der Waals surface area contributed by atoms with Gasteiger partial charge in [0.15, 0.2) is 0 Å².